The van der Waals surface area contributed by atoms with Gasteiger partial charge in [-0.2, -0.15) is 5.10 Å². The van der Waals surface area contributed by atoms with Crippen LogP contribution in [0.1, 0.15) is 34.7 Å². The first-order chi connectivity index (χ1) is 13.6. The first kappa shape index (κ1) is 20.4. The summed E-state index contributed by atoms with van der Waals surface area (Å²) in [6.45, 7) is 7.93. The average molecular weight is 403 g/mol. The summed E-state index contributed by atoms with van der Waals surface area (Å²) in [4.78, 5) is 20.1. The van der Waals surface area contributed by atoms with Crippen LogP contribution in [0.15, 0.2) is 22.5 Å². The molecule has 0 saturated carbocycles. The molecule has 0 unspecified atom stereocenters. The number of aliphatic imine (C=N–C) groups is 1. The maximum absolute atomic E-state index is 12.5. The van der Waals surface area contributed by atoms with E-state index >= 15 is 0 Å². The Morgan fingerprint density at radius 1 is 1.32 bits per heavy atom. The second kappa shape index (κ2) is 9.73. The Morgan fingerprint density at radius 3 is 2.89 bits per heavy atom. The van der Waals surface area contributed by atoms with Gasteiger partial charge in [0.15, 0.2) is 5.96 Å². The summed E-state index contributed by atoms with van der Waals surface area (Å²) in [5.41, 5.74) is 3.54. The molecule has 28 heavy (non-hydrogen) atoms. The van der Waals surface area contributed by atoms with E-state index in [9.17, 15) is 4.79 Å². The molecule has 3 rings (SSSR count). The molecule has 0 radical (unpaired) electrons. The standard InChI is InChI=1S/C20H30N6OS/c1-15-13-16(2)26(24-15)10-4-8-22-20(21-3)23-9-5-19(27)25-11-6-18-17(14-25)7-12-28-18/h7,12-13H,4-6,8-11,14H2,1-3H3,(H2,21,22,23). The van der Waals surface area contributed by atoms with E-state index in [1.165, 1.54) is 16.1 Å². The number of thiophene rings is 1. The first-order valence-electron chi connectivity index (χ1n) is 9.85. The third-order valence-corrected chi connectivity index (χ3v) is 5.98. The van der Waals surface area contributed by atoms with E-state index in [-0.39, 0.29) is 5.91 Å². The van der Waals surface area contributed by atoms with Gasteiger partial charge in [0, 0.05) is 56.8 Å². The molecule has 1 amide bonds. The molecule has 2 aromatic rings. The summed E-state index contributed by atoms with van der Waals surface area (Å²) < 4.78 is 2.03. The van der Waals surface area contributed by atoms with Gasteiger partial charge in [-0.15, -0.1) is 11.3 Å². The van der Waals surface area contributed by atoms with Gasteiger partial charge in [0.2, 0.25) is 5.91 Å². The molecule has 1 aliphatic rings. The summed E-state index contributed by atoms with van der Waals surface area (Å²) >= 11 is 1.79. The molecule has 7 nitrogen and oxygen atoms in total. The van der Waals surface area contributed by atoms with Crippen LogP contribution in [0.4, 0.5) is 0 Å². The Balaban J connectivity index is 1.33. The number of fused-ring (bicyclic) bond motifs is 1. The third-order valence-electron chi connectivity index (χ3n) is 4.96. The van der Waals surface area contributed by atoms with E-state index in [1.54, 1.807) is 18.4 Å². The molecule has 0 spiro atoms. The molecule has 2 N–H and O–H groups in total. The second-order valence-corrected chi connectivity index (χ2v) is 8.11. The van der Waals surface area contributed by atoms with Crippen molar-refractivity contribution in [1.29, 1.82) is 0 Å². The lowest BCUT2D eigenvalue weighted by Gasteiger charge is -2.27. The molecule has 0 aliphatic carbocycles. The van der Waals surface area contributed by atoms with Crippen molar-refractivity contribution in [2.45, 2.75) is 46.2 Å². The Labute approximate surface area is 170 Å². The lowest BCUT2D eigenvalue weighted by molar-refractivity contribution is -0.131. The minimum absolute atomic E-state index is 0.198. The van der Waals surface area contributed by atoms with Gasteiger partial charge >= 0.3 is 0 Å². The van der Waals surface area contributed by atoms with Crippen LogP contribution in [-0.2, 0) is 24.3 Å². The molecule has 3 heterocycles. The van der Waals surface area contributed by atoms with Crippen LogP contribution >= 0.6 is 11.3 Å². The van der Waals surface area contributed by atoms with Crippen LogP contribution in [0.5, 0.6) is 0 Å². The number of hydrogen-bond acceptors (Lipinski definition) is 4. The number of aromatic nitrogens is 2. The van der Waals surface area contributed by atoms with Crippen LogP contribution in [0.25, 0.3) is 0 Å². The number of amides is 1. The molecule has 2 aromatic heterocycles. The summed E-state index contributed by atoms with van der Waals surface area (Å²) in [5.74, 6) is 0.935. The molecular formula is C20H30N6OS. The summed E-state index contributed by atoms with van der Waals surface area (Å²) in [7, 11) is 1.75. The fraction of sp³-hybridized carbons (Fsp3) is 0.550. The quantitative estimate of drug-likeness (QED) is 0.423. The molecule has 0 saturated heterocycles. The summed E-state index contributed by atoms with van der Waals surface area (Å²) in [6, 6.07) is 4.22. The average Bonchev–Trinajstić information content (AvgIpc) is 3.28. The zero-order valence-corrected chi connectivity index (χ0v) is 17.8. The van der Waals surface area contributed by atoms with Crippen molar-refractivity contribution >= 4 is 23.2 Å². The molecule has 0 atom stereocenters. The predicted molar refractivity (Wildman–Crippen MR) is 114 cm³/mol. The van der Waals surface area contributed by atoms with Crippen molar-refractivity contribution in [2.24, 2.45) is 4.99 Å². The maximum atomic E-state index is 12.5. The lowest BCUT2D eigenvalue weighted by atomic mass is 10.1. The number of hydrogen-bond donors (Lipinski definition) is 2. The van der Waals surface area contributed by atoms with Gasteiger partial charge in [-0.25, -0.2) is 0 Å². The zero-order chi connectivity index (χ0) is 19.9. The number of nitrogens with one attached hydrogen (secondary N) is 2. The van der Waals surface area contributed by atoms with Crippen molar-refractivity contribution in [3.63, 3.8) is 0 Å². The van der Waals surface area contributed by atoms with Crippen LogP contribution < -0.4 is 10.6 Å². The van der Waals surface area contributed by atoms with Crippen LogP contribution in [0.3, 0.4) is 0 Å². The molecule has 1 aliphatic heterocycles. The topological polar surface area (TPSA) is 74.5 Å². The van der Waals surface area contributed by atoms with E-state index in [2.05, 4.69) is 45.2 Å². The van der Waals surface area contributed by atoms with Gasteiger partial charge in [-0.1, -0.05) is 0 Å². The van der Waals surface area contributed by atoms with E-state index in [0.717, 1.165) is 50.7 Å². The highest BCUT2D eigenvalue weighted by Crippen LogP contribution is 2.24. The first-order valence-corrected chi connectivity index (χ1v) is 10.7. The molecule has 0 aromatic carbocycles. The second-order valence-electron chi connectivity index (χ2n) is 7.11. The molecule has 0 bridgehead atoms. The van der Waals surface area contributed by atoms with Crippen molar-refractivity contribution in [2.75, 3.05) is 26.7 Å². The predicted octanol–water partition coefficient (Wildman–Crippen LogP) is 2.09. The minimum atomic E-state index is 0.198. The number of aryl methyl sites for hydroxylation is 3. The Bertz CT molecular complexity index is 825. The number of carbonyl (C=O) groups excluding carboxylic acids is 1. The largest absolute Gasteiger partial charge is 0.356 e. The highest BCUT2D eigenvalue weighted by atomic mass is 32.1. The van der Waals surface area contributed by atoms with Crippen LogP contribution in [-0.4, -0.2) is 53.2 Å². The molecule has 152 valence electrons. The van der Waals surface area contributed by atoms with Gasteiger partial charge in [0.1, 0.15) is 0 Å². The molecule has 0 fully saturated rings. The van der Waals surface area contributed by atoms with Crippen LogP contribution in [0, 0.1) is 13.8 Å². The Hall–Kier alpha value is -2.35. The molecular weight excluding hydrogens is 372 g/mol. The van der Waals surface area contributed by atoms with E-state index < -0.39 is 0 Å². The fourth-order valence-electron chi connectivity index (χ4n) is 3.46. The van der Waals surface area contributed by atoms with Crippen molar-refractivity contribution in [3.8, 4) is 0 Å². The van der Waals surface area contributed by atoms with Crippen LogP contribution in [0.2, 0.25) is 0 Å². The van der Waals surface area contributed by atoms with E-state index in [1.807, 2.05) is 16.5 Å². The monoisotopic (exact) mass is 402 g/mol. The van der Waals surface area contributed by atoms with Crippen molar-refractivity contribution in [1.82, 2.24) is 25.3 Å². The van der Waals surface area contributed by atoms with Gasteiger partial charge < -0.3 is 15.5 Å². The number of guanidine groups is 1. The van der Waals surface area contributed by atoms with E-state index in [4.69, 9.17) is 0 Å². The maximum Gasteiger partial charge on any atom is 0.224 e. The van der Waals surface area contributed by atoms with Gasteiger partial charge in [0.25, 0.3) is 0 Å². The van der Waals surface area contributed by atoms with Gasteiger partial charge in [-0.05, 0) is 49.8 Å². The highest BCUT2D eigenvalue weighted by Gasteiger charge is 2.20. The SMILES string of the molecule is CN=C(NCCCn1nc(C)cc1C)NCCC(=O)N1CCc2sccc2C1. The van der Waals surface area contributed by atoms with E-state index in [0.29, 0.717) is 13.0 Å². The summed E-state index contributed by atoms with van der Waals surface area (Å²) in [5, 5.41) is 13.1. The number of carbonyl (C=O) groups is 1. The fourth-order valence-corrected chi connectivity index (χ4v) is 4.35. The van der Waals surface area contributed by atoms with Crippen molar-refractivity contribution < 1.29 is 4.79 Å². The highest BCUT2D eigenvalue weighted by molar-refractivity contribution is 7.10. The third kappa shape index (κ3) is 5.34. The van der Waals surface area contributed by atoms with Gasteiger partial charge in [0.05, 0.1) is 5.69 Å². The number of rotatable bonds is 7. The Kier molecular flexibility index (Phi) is 7.08. The van der Waals surface area contributed by atoms with Gasteiger partial charge in [-0.3, -0.25) is 14.5 Å². The lowest BCUT2D eigenvalue weighted by Crippen LogP contribution is -2.41. The Morgan fingerprint density at radius 2 is 2.14 bits per heavy atom. The van der Waals surface area contributed by atoms with Crippen molar-refractivity contribution in [3.05, 3.63) is 39.3 Å². The number of nitrogens with zero attached hydrogens (tertiary/aromatic N) is 4. The minimum Gasteiger partial charge on any atom is -0.356 e. The molecule has 8 heteroatoms. The zero-order valence-electron chi connectivity index (χ0n) is 17.0. The summed E-state index contributed by atoms with van der Waals surface area (Å²) in [6.07, 6.45) is 2.41. The normalized spacial score (nSPS) is 14.1. The smallest absolute Gasteiger partial charge is 0.224 e.